The summed E-state index contributed by atoms with van der Waals surface area (Å²) in [5, 5.41) is 0. The van der Waals surface area contributed by atoms with Gasteiger partial charge in [-0.2, -0.15) is 189 Å². The van der Waals surface area contributed by atoms with Gasteiger partial charge in [0.25, 0.3) is 0 Å². The molecule has 646 valence electrons. The minimum atomic E-state index is -8.54. The van der Waals surface area contributed by atoms with E-state index in [2.05, 4.69) is 15.5 Å². The van der Waals surface area contributed by atoms with Gasteiger partial charge in [-0.15, -0.1) is 90.7 Å². The molecule has 115 heavy (non-hydrogen) atoms. The Morgan fingerprint density at radius 2 is 0.461 bits per heavy atom. The van der Waals surface area contributed by atoms with Gasteiger partial charge in [0.2, 0.25) is 0 Å². The maximum absolute atomic E-state index is 14.6. The van der Waals surface area contributed by atoms with Crippen molar-refractivity contribution >= 4 is 90.7 Å². The largest absolute Gasteiger partial charge is 0.485 e. The zero-order valence-corrected chi connectivity index (χ0v) is 62.3. The molecule has 0 atom stereocenters. The van der Waals surface area contributed by atoms with Gasteiger partial charge in [-0.3, -0.25) is 0 Å². The van der Waals surface area contributed by atoms with Crippen LogP contribution in [0.25, 0.3) is 58.5 Å². The number of rotatable bonds is 30. The Balaban J connectivity index is 0.000000349. The highest BCUT2D eigenvalue weighted by molar-refractivity contribution is 7.29. The first-order valence-corrected chi connectivity index (χ1v) is 36.5. The van der Waals surface area contributed by atoms with Crippen molar-refractivity contribution < 1.29 is 198 Å². The Morgan fingerprint density at radius 3 is 0.748 bits per heavy atom. The molecule has 0 aliphatic heterocycles. The molecule has 0 radical (unpaired) electrons. The van der Waals surface area contributed by atoms with Gasteiger partial charge in [-0.25, -0.2) is 0 Å². The predicted octanol–water partition coefficient (Wildman–Crippen LogP) is 30.0. The Morgan fingerprint density at radius 1 is 0.235 bits per heavy atom. The Kier molecular flexibility index (Phi) is 25.7. The third-order valence-corrected chi connectivity index (χ3v) is 25.7. The summed E-state index contributed by atoms with van der Waals surface area (Å²) < 4.78 is 593. The lowest BCUT2D eigenvalue weighted by Gasteiger charge is -2.41. The van der Waals surface area contributed by atoms with Crippen molar-refractivity contribution in [3.63, 3.8) is 0 Å². The summed E-state index contributed by atoms with van der Waals surface area (Å²) in [6.07, 6.45) is -26.7. The third kappa shape index (κ3) is 16.2. The minimum absolute atomic E-state index is 0.00151. The van der Waals surface area contributed by atoms with Crippen LogP contribution in [0.1, 0.15) is 43.5 Å². The number of ether oxygens (including phenoxy) is 2. The van der Waals surface area contributed by atoms with E-state index in [0.717, 1.165) is 68.1 Å². The van der Waals surface area contributed by atoms with Crippen LogP contribution < -0.4 is 9.47 Å². The quantitative estimate of drug-likeness (QED) is 0.0418. The maximum Gasteiger partial charge on any atom is 0.460 e. The standard InChI is InChI=1S/C34H16F30O2S4.C28H21F13S4/c1-11-7-13(65-9-21(35,36)23(39,40)25(43,44)27(47,48)29(51,52)31(55,56)33(59,60)61)19(67-11)17-5-3-15(69-17)16-4-6-18(70-16)20-14(8-12(2)68-20)66-10-22(37,38)24(41,42)26(45,46)28(49,50)30(53,54)32(57,58)34(62,63)64;1-13-11-14(2)42-21(13)19-8-6-17(44-19)18-7-9-20(45-18)22-16(12-15(3)43-22)5-4-10-23(29,30)24(31,32)25(33,34)26(35,36)27(37,38)28(39,40)41/h3-8H,9-10H2,1-2H3;6-9,11-12H,4-5,10H2,1-3H3. The van der Waals surface area contributed by atoms with Gasteiger partial charge >= 0.3 is 119 Å². The SMILES string of the molecule is Cc1cc(C)c(-c2ccc(-c3ccc(-c4sc(C)cc4CCCC(F)(F)C(F)(F)C(F)(F)C(F)(F)C(F)(F)C(F)(F)F)s3)s2)s1.Cc1cc(OCC(F)(F)C(F)(F)C(F)(F)C(F)(F)C(F)(F)C(F)(F)C(F)(F)F)c(-c2ccc(-c3ccc(-c4sc(C)cc4OCC(F)(F)C(F)(F)C(F)(F)C(F)(F)C(F)(F)C(F)(F)C(F)(F)F)s3)s2)s1. The fourth-order valence-corrected chi connectivity index (χ4v) is 18.5. The molecule has 0 aromatic carbocycles. The zero-order valence-electron chi connectivity index (χ0n) is 55.8. The monoisotopic (exact) mass is 1890 g/mol. The summed E-state index contributed by atoms with van der Waals surface area (Å²) in [5.41, 5.74) is 1.48. The van der Waals surface area contributed by atoms with E-state index in [4.69, 9.17) is 0 Å². The molecule has 0 amide bonds. The average molecular weight is 1890 g/mol. The van der Waals surface area contributed by atoms with Gasteiger partial charge in [0.05, 0.1) is 9.75 Å². The van der Waals surface area contributed by atoms with E-state index in [9.17, 15) is 189 Å². The van der Waals surface area contributed by atoms with E-state index < -0.39 is 163 Å². The van der Waals surface area contributed by atoms with E-state index in [1.165, 1.54) is 40.9 Å². The number of alkyl halides is 43. The Labute approximate surface area is 645 Å². The number of aryl methyl sites for hydroxylation is 6. The lowest BCUT2D eigenvalue weighted by molar-refractivity contribution is -0.453. The molecular weight excluding hydrogens is 1850 g/mol. The first-order valence-electron chi connectivity index (χ1n) is 30.0. The first-order chi connectivity index (χ1) is 51.3. The fourth-order valence-electron chi connectivity index (χ4n) is 9.73. The van der Waals surface area contributed by atoms with Crippen molar-refractivity contribution in [1.29, 1.82) is 0 Å². The lowest BCUT2D eigenvalue weighted by atomic mass is 9.91. The molecule has 8 aromatic heterocycles. The topological polar surface area (TPSA) is 18.5 Å². The second kappa shape index (κ2) is 30.7. The van der Waals surface area contributed by atoms with Gasteiger partial charge in [-0.1, -0.05) is 0 Å². The summed E-state index contributed by atoms with van der Waals surface area (Å²) in [4.78, 5) is 6.16. The number of halogens is 43. The molecule has 2 nitrogen and oxygen atoms in total. The molecule has 0 N–H and O–H groups in total. The summed E-state index contributed by atoms with van der Waals surface area (Å²) in [6.45, 7) is 1.66. The van der Waals surface area contributed by atoms with Crippen LogP contribution in [0.2, 0.25) is 0 Å². The van der Waals surface area contributed by atoms with E-state index >= 15 is 0 Å². The number of thiophene rings is 8. The summed E-state index contributed by atoms with van der Waals surface area (Å²) in [5.74, 6) is -135. The van der Waals surface area contributed by atoms with Crippen LogP contribution in [0.4, 0.5) is 189 Å². The molecule has 8 aromatic rings. The molecule has 8 rings (SSSR count). The van der Waals surface area contributed by atoms with E-state index in [1.54, 1.807) is 35.7 Å². The van der Waals surface area contributed by atoms with Crippen LogP contribution in [0.3, 0.4) is 0 Å². The highest BCUT2D eigenvalue weighted by atomic mass is 32.1. The van der Waals surface area contributed by atoms with Crippen LogP contribution in [0.5, 0.6) is 11.5 Å². The highest BCUT2D eigenvalue weighted by Gasteiger charge is 2.96. The van der Waals surface area contributed by atoms with Crippen molar-refractivity contribution in [3.8, 4) is 70.0 Å². The van der Waals surface area contributed by atoms with E-state index in [0.29, 0.717) is 65.5 Å². The van der Waals surface area contributed by atoms with Crippen LogP contribution in [-0.2, 0) is 6.42 Å². The van der Waals surface area contributed by atoms with Crippen molar-refractivity contribution in [2.45, 2.75) is 173 Å². The molecule has 8 heterocycles. The van der Waals surface area contributed by atoms with Gasteiger partial charge in [0, 0.05) is 74.7 Å². The van der Waals surface area contributed by atoms with E-state index in [-0.39, 0.29) is 39.0 Å². The Bertz CT molecular complexity index is 4560. The molecular formula is C62H37F43O2S8. The summed E-state index contributed by atoms with van der Waals surface area (Å²) in [7, 11) is 0. The van der Waals surface area contributed by atoms with Gasteiger partial charge < -0.3 is 9.47 Å². The summed E-state index contributed by atoms with van der Waals surface area (Å²) >= 11 is 8.06. The normalized spacial score (nSPS) is 14.8. The first kappa shape index (κ1) is 96.3. The fraction of sp³-hybridized carbons (Fsp3) is 0.484. The smallest absolute Gasteiger partial charge is 0.460 e. The second-order valence-electron chi connectivity index (χ2n) is 24.4. The molecule has 0 unspecified atom stereocenters. The number of hydrogen-bond acceptors (Lipinski definition) is 10. The van der Waals surface area contributed by atoms with Gasteiger partial charge in [-0.05, 0) is 131 Å². The van der Waals surface area contributed by atoms with Crippen LogP contribution in [0.15, 0.2) is 72.8 Å². The maximum atomic E-state index is 14.6. The molecule has 0 aliphatic rings. The predicted molar refractivity (Wildman–Crippen MR) is 338 cm³/mol. The molecule has 0 fully saturated rings. The van der Waals surface area contributed by atoms with Crippen molar-refractivity contribution in [3.05, 3.63) is 103 Å². The van der Waals surface area contributed by atoms with Crippen LogP contribution >= 0.6 is 90.7 Å². The average Bonchev–Trinajstić information content (AvgIpc) is 1.41. The molecule has 0 spiro atoms. The van der Waals surface area contributed by atoms with Gasteiger partial charge in [0.15, 0.2) is 13.2 Å². The molecule has 0 saturated carbocycles. The van der Waals surface area contributed by atoms with Crippen LogP contribution in [-0.4, -0.2) is 132 Å². The lowest BCUT2D eigenvalue weighted by Crippen LogP contribution is -2.73. The molecule has 53 heteroatoms. The molecule has 0 saturated heterocycles. The van der Waals surface area contributed by atoms with E-state index in [1.807, 2.05) is 32.0 Å². The molecule has 0 aliphatic carbocycles. The van der Waals surface area contributed by atoms with Gasteiger partial charge in [0.1, 0.15) is 11.5 Å². The Hall–Kier alpha value is -5.81. The van der Waals surface area contributed by atoms with Crippen molar-refractivity contribution in [2.75, 3.05) is 13.2 Å². The number of hydrogen-bond donors (Lipinski definition) is 0. The second-order valence-corrected chi connectivity index (χ2v) is 33.8. The van der Waals surface area contributed by atoms with Crippen LogP contribution in [0, 0.1) is 34.6 Å². The zero-order chi connectivity index (χ0) is 88.6. The summed E-state index contributed by atoms with van der Waals surface area (Å²) in [6, 6.07) is 17.1. The van der Waals surface area contributed by atoms with Crippen molar-refractivity contribution in [2.24, 2.45) is 0 Å². The highest BCUT2D eigenvalue weighted by Crippen LogP contribution is 2.67. The third-order valence-electron chi connectivity index (χ3n) is 16.0. The molecule has 0 bridgehead atoms. The van der Waals surface area contributed by atoms with Crippen molar-refractivity contribution in [1.82, 2.24) is 0 Å². The minimum Gasteiger partial charge on any atom is -0.485 e.